The highest BCUT2D eigenvalue weighted by Gasteiger charge is 2.07. The number of hydrogen-bond acceptors (Lipinski definition) is 3. The standard InChI is InChI=1S/C11H11NOS/c1-7-3-5-9(6-4-7)10-12-8(2)11(13)14-10/h3-6,13H,1-2H3. The maximum Gasteiger partial charge on any atom is 0.195 e. The van der Waals surface area contributed by atoms with Crippen molar-refractivity contribution in [1.29, 1.82) is 0 Å². The van der Waals surface area contributed by atoms with Gasteiger partial charge in [-0.2, -0.15) is 0 Å². The van der Waals surface area contributed by atoms with Crippen molar-refractivity contribution in [2.45, 2.75) is 13.8 Å². The fourth-order valence-electron chi connectivity index (χ4n) is 1.21. The highest BCUT2D eigenvalue weighted by Crippen LogP contribution is 2.32. The number of nitrogens with zero attached hydrogens (tertiary/aromatic N) is 1. The monoisotopic (exact) mass is 205 g/mol. The molecule has 0 aliphatic carbocycles. The zero-order valence-corrected chi connectivity index (χ0v) is 8.93. The van der Waals surface area contributed by atoms with Gasteiger partial charge in [-0.3, -0.25) is 0 Å². The van der Waals surface area contributed by atoms with Gasteiger partial charge in [0.15, 0.2) is 5.06 Å². The molecule has 0 atom stereocenters. The van der Waals surface area contributed by atoms with Crippen LogP contribution in [0.2, 0.25) is 0 Å². The lowest BCUT2D eigenvalue weighted by atomic mass is 10.2. The Hall–Kier alpha value is -1.35. The van der Waals surface area contributed by atoms with E-state index in [-0.39, 0.29) is 0 Å². The third-order valence-corrected chi connectivity index (χ3v) is 3.08. The van der Waals surface area contributed by atoms with Crippen LogP contribution < -0.4 is 0 Å². The Bertz CT molecular complexity index is 425. The van der Waals surface area contributed by atoms with Crippen molar-refractivity contribution in [3.05, 3.63) is 35.5 Å². The Morgan fingerprint density at radius 3 is 2.29 bits per heavy atom. The molecule has 0 amide bonds. The molecule has 0 fully saturated rings. The van der Waals surface area contributed by atoms with Crippen LogP contribution in [0.3, 0.4) is 0 Å². The molecular formula is C11H11NOS. The van der Waals surface area contributed by atoms with Crippen molar-refractivity contribution < 1.29 is 5.11 Å². The highest BCUT2D eigenvalue weighted by atomic mass is 32.1. The summed E-state index contributed by atoms with van der Waals surface area (Å²) in [7, 11) is 0. The number of thiazole rings is 1. The summed E-state index contributed by atoms with van der Waals surface area (Å²) >= 11 is 1.32. The van der Waals surface area contributed by atoms with E-state index < -0.39 is 0 Å². The summed E-state index contributed by atoms with van der Waals surface area (Å²) in [5.41, 5.74) is 2.99. The van der Waals surface area contributed by atoms with Gasteiger partial charge >= 0.3 is 0 Å². The fourth-order valence-corrected chi connectivity index (χ4v) is 2.02. The predicted molar refractivity (Wildman–Crippen MR) is 58.7 cm³/mol. The van der Waals surface area contributed by atoms with E-state index in [0.717, 1.165) is 10.6 Å². The second kappa shape index (κ2) is 3.42. The maximum absolute atomic E-state index is 9.41. The predicted octanol–water partition coefficient (Wildman–Crippen LogP) is 3.13. The van der Waals surface area contributed by atoms with Gasteiger partial charge < -0.3 is 5.11 Å². The van der Waals surface area contributed by atoms with E-state index in [1.54, 1.807) is 0 Å². The number of hydrogen-bond donors (Lipinski definition) is 1. The number of aryl methyl sites for hydroxylation is 2. The maximum atomic E-state index is 9.41. The van der Waals surface area contributed by atoms with Gasteiger partial charge in [0, 0.05) is 5.56 Å². The molecule has 0 spiro atoms. The molecule has 3 heteroatoms. The summed E-state index contributed by atoms with van der Waals surface area (Å²) in [6.45, 7) is 3.86. The lowest BCUT2D eigenvalue weighted by molar-refractivity contribution is 0.485. The largest absolute Gasteiger partial charge is 0.498 e. The minimum Gasteiger partial charge on any atom is -0.498 e. The average molecular weight is 205 g/mol. The van der Waals surface area contributed by atoms with Crippen LogP contribution in [0.5, 0.6) is 5.06 Å². The Balaban J connectivity index is 2.44. The van der Waals surface area contributed by atoms with Crippen molar-refractivity contribution >= 4 is 11.3 Å². The first-order chi connectivity index (χ1) is 6.66. The van der Waals surface area contributed by atoms with E-state index in [1.807, 2.05) is 38.1 Å². The summed E-state index contributed by atoms with van der Waals surface area (Å²) in [5.74, 6) is 0. The summed E-state index contributed by atoms with van der Waals surface area (Å²) < 4.78 is 0. The molecule has 1 N–H and O–H groups in total. The molecule has 14 heavy (non-hydrogen) atoms. The molecule has 0 saturated carbocycles. The van der Waals surface area contributed by atoms with Crippen molar-refractivity contribution in [3.63, 3.8) is 0 Å². The van der Waals surface area contributed by atoms with Crippen LogP contribution in [-0.4, -0.2) is 10.1 Å². The average Bonchev–Trinajstić information content (AvgIpc) is 2.48. The molecule has 72 valence electrons. The number of rotatable bonds is 1. The SMILES string of the molecule is Cc1ccc(-c2nc(C)c(O)s2)cc1. The molecule has 1 aromatic heterocycles. The van der Waals surface area contributed by atoms with Gasteiger partial charge in [0.1, 0.15) is 5.01 Å². The Morgan fingerprint density at radius 2 is 1.79 bits per heavy atom. The molecule has 2 aromatic rings. The van der Waals surface area contributed by atoms with Crippen molar-refractivity contribution in [2.24, 2.45) is 0 Å². The topological polar surface area (TPSA) is 33.1 Å². The van der Waals surface area contributed by atoms with E-state index in [4.69, 9.17) is 0 Å². The van der Waals surface area contributed by atoms with Gasteiger partial charge in [0.05, 0.1) is 5.69 Å². The van der Waals surface area contributed by atoms with Gasteiger partial charge in [0.25, 0.3) is 0 Å². The van der Waals surface area contributed by atoms with Gasteiger partial charge in [-0.25, -0.2) is 4.98 Å². The first-order valence-electron chi connectivity index (χ1n) is 4.40. The lowest BCUT2D eigenvalue weighted by Gasteiger charge is -1.95. The smallest absolute Gasteiger partial charge is 0.195 e. The van der Waals surface area contributed by atoms with Crippen molar-refractivity contribution in [2.75, 3.05) is 0 Å². The molecular weight excluding hydrogens is 194 g/mol. The third kappa shape index (κ3) is 1.63. The van der Waals surface area contributed by atoms with E-state index in [1.165, 1.54) is 16.9 Å². The minimum atomic E-state index is 0.306. The first-order valence-corrected chi connectivity index (χ1v) is 5.22. The molecule has 2 nitrogen and oxygen atoms in total. The van der Waals surface area contributed by atoms with Crippen LogP contribution in [0.1, 0.15) is 11.3 Å². The van der Waals surface area contributed by atoms with Crippen molar-refractivity contribution in [3.8, 4) is 15.6 Å². The fraction of sp³-hybridized carbons (Fsp3) is 0.182. The van der Waals surface area contributed by atoms with E-state index in [9.17, 15) is 5.11 Å². The van der Waals surface area contributed by atoms with Crippen LogP contribution in [0.25, 0.3) is 10.6 Å². The molecule has 0 unspecified atom stereocenters. The summed E-state index contributed by atoms with van der Waals surface area (Å²) in [6, 6.07) is 8.13. The zero-order valence-electron chi connectivity index (χ0n) is 8.11. The zero-order chi connectivity index (χ0) is 10.1. The van der Waals surface area contributed by atoms with Gasteiger partial charge in [-0.15, -0.1) is 0 Å². The van der Waals surface area contributed by atoms with Crippen LogP contribution in [0.4, 0.5) is 0 Å². The quantitative estimate of drug-likeness (QED) is 0.775. The Labute approximate surface area is 86.9 Å². The number of aromatic nitrogens is 1. The number of aromatic hydroxyl groups is 1. The molecule has 2 rings (SSSR count). The Morgan fingerprint density at radius 1 is 1.14 bits per heavy atom. The van der Waals surface area contributed by atoms with E-state index in [2.05, 4.69) is 4.98 Å². The van der Waals surface area contributed by atoms with Crippen LogP contribution >= 0.6 is 11.3 Å². The van der Waals surface area contributed by atoms with Crippen LogP contribution in [-0.2, 0) is 0 Å². The van der Waals surface area contributed by atoms with E-state index in [0.29, 0.717) is 10.8 Å². The van der Waals surface area contributed by atoms with E-state index >= 15 is 0 Å². The molecule has 0 aliphatic rings. The van der Waals surface area contributed by atoms with Crippen LogP contribution in [0, 0.1) is 13.8 Å². The molecule has 0 radical (unpaired) electrons. The summed E-state index contributed by atoms with van der Waals surface area (Å²) in [4.78, 5) is 4.28. The minimum absolute atomic E-state index is 0.306. The Kier molecular flexibility index (Phi) is 2.25. The normalized spacial score (nSPS) is 10.4. The molecule has 1 aromatic carbocycles. The summed E-state index contributed by atoms with van der Waals surface area (Å²) in [6.07, 6.45) is 0. The van der Waals surface area contributed by atoms with Crippen molar-refractivity contribution in [1.82, 2.24) is 4.98 Å². The molecule has 0 saturated heterocycles. The van der Waals surface area contributed by atoms with Gasteiger partial charge in [0.2, 0.25) is 0 Å². The molecule has 0 bridgehead atoms. The highest BCUT2D eigenvalue weighted by molar-refractivity contribution is 7.16. The third-order valence-electron chi connectivity index (χ3n) is 2.07. The van der Waals surface area contributed by atoms with Crippen LogP contribution in [0.15, 0.2) is 24.3 Å². The second-order valence-corrected chi connectivity index (χ2v) is 4.25. The second-order valence-electron chi connectivity index (χ2n) is 3.28. The first kappa shape index (κ1) is 9.21. The summed E-state index contributed by atoms with van der Waals surface area (Å²) in [5, 5.41) is 10.6. The van der Waals surface area contributed by atoms with Gasteiger partial charge in [-0.1, -0.05) is 41.2 Å². The number of benzene rings is 1. The molecule has 1 heterocycles. The molecule has 0 aliphatic heterocycles. The lowest BCUT2D eigenvalue weighted by Crippen LogP contribution is -1.77. The van der Waals surface area contributed by atoms with Gasteiger partial charge in [-0.05, 0) is 13.8 Å².